The second-order valence-electron chi connectivity index (χ2n) is 6.27. The van der Waals surface area contributed by atoms with Gasteiger partial charge in [0.25, 0.3) is 0 Å². The van der Waals surface area contributed by atoms with Crippen LogP contribution in [-0.4, -0.2) is 72.2 Å². The summed E-state index contributed by atoms with van der Waals surface area (Å²) >= 11 is 0. The van der Waals surface area contributed by atoms with E-state index in [1.807, 2.05) is 0 Å². The Hall–Kier alpha value is -2.55. The van der Waals surface area contributed by atoms with Crippen molar-refractivity contribution < 1.29 is 46.4 Å². The first-order valence-electron chi connectivity index (χ1n) is 8.61. The maximum absolute atomic E-state index is 11.5. The summed E-state index contributed by atoms with van der Waals surface area (Å²) in [6.45, 7) is 3.71. The molecule has 0 bridgehead atoms. The van der Waals surface area contributed by atoms with Crippen molar-refractivity contribution in [3.8, 4) is 5.75 Å². The zero-order valence-corrected chi connectivity index (χ0v) is 16.6. The van der Waals surface area contributed by atoms with E-state index in [1.54, 1.807) is 0 Å². The van der Waals surface area contributed by atoms with Gasteiger partial charge in [-0.1, -0.05) is 6.58 Å². The van der Waals surface area contributed by atoms with Gasteiger partial charge < -0.3 is 30.3 Å². The summed E-state index contributed by atoms with van der Waals surface area (Å²) in [5.41, 5.74) is 0.449. The van der Waals surface area contributed by atoms with Gasteiger partial charge in [0.1, 0.15) is 30.1 Å². The van der Waals surface area contributed by atoms with Crippen molar-refractivity contribution in [3.05, 3.63) is 36.9 Å². The zero-order valence-electron chi connectivity index (χ0n) is 15.8. The van der Waals surface area contributed by atoms with E-state index >= 15 is 0 Å². The quantitative estimate of drug-likeness (QED) is 0.244. The average Bonchev–Trinajstić information content (AvgIpc) is 2.67. The fourth-order valence-corrected chi connectivity index (χ4v) is 3.28. The van der Waals surface area contributed by atoms with E-state index in [1.165, 1.54) is 24.3 Å². The number of rotatable bonds is 8. The highest BCUT2D eigenvalue weighted by Crippen LogP contribution is 2.27. The molecule has 1 fully saturated rings. The van der Waals surface area contributed by atoms with Crippen LogP contribution < -0.4 is 15.4 Å². The van der Waals surface area contributed by atoms with Crippen molar-refractivity contribution in [2.24, 2.45) is 0 Å². The highest BCUT2D eigenvalue weighted by atomic mass is 32.3. The van der Waals surface area contributed by atoms with Crippen LogP contribution in [0.3, 0.4) is 0 Å². The number of anilines is 1. The molecule has 1 heterocycles. The lowest BCUT2D eigenvalue weighted by Crippen LogP contribution is -2.66. The molecule has 2 rings (SSSR count). The highest BCUT2D eigenvalue weighted by Gasteiger charge is 2.49. The van der Waals surface area contributed by atoms with Crippen molar-refractivity contribution in [1.29, 1.82) is 0 Å². The number of ether oxygens (including phenoxy) is 2. The maximum Gasteiger partial charge on any atom is 0.397 e. The predicted octanol–water partition coefficient (Wildman–Crippen LogP) is -1.04. The summed E-state index contributed by atoms with van der Waals surface area (Å²) < 4.78 is 46.6. The van der Waals surface area contributed by atoms with Crippen LogP contribution in [0.5, 0.6) is 5.75 Å². The first-order valence-corrected chi connectivity index (χ1v) is 9.98. The SMILES string of the molecule is C=CC(=O)Nc1ccc(O[C@@H]2O[C@H](CO)[C@@H](OS(=O)(=O)O)[C@H](O)[C@H]2NC(C)=O)cc1. The van der Waals surface area contributed by atoms with E-state index < -0.39 is 59.5 Å². The van der Waals surface area contributed by atoms with Gasteiger partial charge in [0.05, 0.1) is 6.61 Å². The Morgan fingerprint density at radius 3 is 2.43 bits per heavy atom. The average molecular weight is 446 g/mol. The van der Waals surface area contributed by atoms with Crippen LogP contribution >= 0.6 is 0 Å². The van der Waals surface area contributed by atoms with Crippen molar-refractivity contribution in [2.75, 3.05) is 11.9 Å². The fourth-order valence-electron chi connectivity index (χ4n) is 2.76. The zero-order chi connectivity index (χ0) is 22.5. The Morgan fingerprint density at radius 1 is 1.30 bits per heavy atom. The van der Waals surface area contributed by atoms with Crippen molar-refractivity contribution in [3.63, 3.8) is 0 Å². The van der Waals surface area contributed by atoms with E-state index in [2.05, 4.69) is 21.4 Å². The molecule has 0 saturated carbocycles. The number of aliphatic hydroxyl groups excluding tert-OH is 2. The lowest BCUT2D eigenvalue weighted by Gasteiger charge is -2.43. The summed E-state index contributed by atoms with van der Waals surface area (Å²) in [6.07, 6.45) is -5.09. The number of aliphatic hydroxyl groups is 2. The van der Waals surface area contributed by atoms with Gasteiger partial charge in [-0.3, -0.25) is 14.1 Å². The Balaban J connectivity index is 2.23. The van der Waals surface area contributed by atoms with Gasteiger partial charge >= 0.3 is 10.4 Å². The molecule has 5 N–H and O–H groups in total. The standard InChI is InChI=1S/C17H22N2O10S/c1-3-13(22)19-10-4-6-11(7-5-10)27-17-14(18-9(2)21)15(23)16(12(8-20)28-17)29-30(24,25)26/h3-7,12,14-17,20,23H,1,8H2,2H3,(H,18,21)(H,19,22)(H,24,25,26)/t12-,14-,15-,16-,17-/m1/s1. The first-order chi connectivity index (χ1) is 14.0. The number of carbonyl (C=O) groups is 2. The second-order valence-corrected chi connectivity index (χ2v) is 7.31. The van der Waals surface area contributed by atoms with Crippen LogP contribution in [-0.2, 0) is 28.9 Å². The van der Waals surface area contributed by atoms with Crippen LogP contribution in [0.25, 0.3) is 0 Å². The third-order valence-electron chi connectivity index (χ3n) is 4.02. The fraction of sp³-hybridized carbons (Fsp3) is 0.412. The Kier molecular flexibility index (Phi) is 7.89. The van der Waals surface area contributed by atoms with Gasteiger partial charge in [0.15, 0.2) is 0 Å². The summed E-state index contributed by atoms with van der Waals surface area (Å²) in [5, 5.41) is 24.9. The molecular weight excluding hydrogens is 424 g/mol. The second kappa shape index (κ2) is 9.97. The topological polar surface area (TPSA) is 181 Å². The number of benzene rings is 1. The van der Waals surface area contributed by atoms with Crippen LogP contribution in [0.2, 0.25) is 0 Å². The van der Waals surface area contributed by atoms with E-state index in [0.717, 1.165) is 13.0 Å². The lowest BCUT2D eigenvalue weighted by molar-refractivity contribution is -0.239. The van der Waals surface area contributed by atoms with Gasteiger partial charge in [-0.2, -0.15) is 8.42 Å². The molecule has 0 unspecified atom stereocenters. The number of nitrogens with one attached hydrogen (secondary N) is 2. The highest BCUT2D eigenvalue weighted by molar-refractivity contribution is 7.80. The molecule has 0 spiro atoms. The minimum atomic E-state index is -4.99. The normalized spacial score (nSPS) is 26.5. The van der Waals surface area contributed by atoms with E-state index in [9.17, 15) is 28.2 Å². The van der Waals surface area contributed by atoms with Crippen LogP contribution in [0.15, 0.2) is 36.9 Å². The summed E-state index contributed by atoms with van der Waals surface area (Å²) in [7, 11) is -4.99. The van der Waals surface area contributed by atoms with Gasteiger partial charge in [0.2, 0.25) is 18.1 Å². The van der Waals surface area contributed by atoms with Gasteiger partial charge in [-0.15, -0.1) is 0 Å². The molecule has 30 heavy (non-hydrogen) atoms. The predicted molar refractivity (Wildman–Crippen MR) is 102 cm³/mol. The minimum absolute atomic E-state index is 0.213. The number of carbonyl (C=O) groups excluding carboxylic acids is 2. The maximum atomic E-state index is 11.5. The number of amides is 2. The molecular formula is C17H22N2O10S. The third kappa shape index (κ3) is 6.48. The Bertz CT molecular complexity index is 873. The molecule has 2 amide bonds. The van der Waals surface area contributed by atoms with Crippen molar-refractivity contribution in [2.45, 2.75) is 37.6 Å². The molecule has 12 nitrogen and oxygen atoms in total. The Labute approximate surface area is 172 Å². The van der Waals surface area contributed by atoms with Crippen LogP contribution in [0, 0.1) is 0 Å². The molecule has 0 radical (unpaired) electrons. The number of hydrogen-bond donors (Lipinski definition) is 5. The summed E-state index contributed by atoms with van der Waals surface area (Å²) in [5.74, 6) is -0.791. The monoisotopic (exact) mass is 446 g/mol. The molecule has 166 valence electrons. The van der Waals surface area contributed by atoms with Gasteiger partial charge in [-0.25, -0.2) is 4.18 Å². The molecule has 1 saturated heterocycles. The molecule has 1 aliphatic heterocycles. The molecule has 13 heteroatoms. The molecule has 1 aromatic carbocycles. The minimum Gasteiger partial charge on any atom is -0.463 e. The number of hydrogen-bond acceptors (Lipinski definition) is 9. The Morgan fingerprint density at radius 2 is 1.93 bits per heavy atom. The smallest absolute Gasteiger partial charge is 0.397 e. The van der Waals surface area contributed by atoms with E-state index in [4.69, 9.17) is 14.0 Å². The van der Waals surface area contributed by atoms with E-state index in [0.29, 0.717) is 5.69 Å². The molecule has 5 atom stereocenters. The molecule has 1 aromatic rings. The van der Waals surface area contributed by atoms with Crippen LogP contribution in [0.1, 0.15) is 6.92 Å². The van der Waals surface area contributed by atoms with E-state index in [-0.39, 0.29) is 5.75 Å². The molecule has 1 aliphatic rings. The lowest BCUT2D eigenvalue weighted by atomic mass is 9.97. The molecule has 0 aliphatic carbocycles. The first kappa shape index (κ1) is 23.7. The summed E-state index contributed by atoms with van der Waals surface area (Å²) in [4.78, 5) is 22.9. The largest absolute Gasteiger partial charge is 0.463 e. The van der Waals surface area contributed by atoms with Gasteiger partial charge in [0, 0.05) is 12.6 Å². The third-order valence-corrected chi connectivity index (χ3v) is 4.48. The van der Waals surface area contributed by atoms with Gasteiger partial charge in [-0.05, 0) is 30.3 Å². The summed E-state index contributed by atoms with van der Waals surface area (Å²) in [6, 6.07) is 4.65. The molecule has 0 aromatic heterocycles. The van der Waals surface area contributed by atoms with Crippen molar-refractivity contribution >= 4 is 27.9 Å². The van der Waals surface area contributed by atoms with Crippen LogP contribution in [0.4, 0.5) is 5.69 Å². The van der Waals surface area contributed by atoms with Crippen molar-refractivity contribution in [1.82, 2.24) is 5.32 Å².